The quantitative estimate of drug-likeness (QED) is 0.686. The fourth-order valence-electron chi connectivity index (χ4n) is 6.15. The first-order chi connectivity index (χ1) is 10.9. The molecule has 1 aliphatic heterocycles. The van der Waals surface area contributed by atoms with E-state index >= 15 is 0 Å². The van der Waals surface area contributed by atoms with Crippen molar-refractivity contribution in [3.05, 3.63) is 0 Å². The summed E-state index contributed by atoms with van der Waals surface area (Å²) in [6.45, 7) is 0.871. The zero-order valence-electron chi connectivity index (χ0n) is 13.6. The number of carbonyl (C=O) groups excluding carboxylic acids is 2. The van der Waals surface area contributed by atoms with Gasteiger partial charge in [-0.1, -0.05) is 0 Å². The summed E-state index contributed by atoms with van der Waals surface area (Å²) in [5, 5.41) is 14.2. The van der Waals surface area contributed by atoms with Crippen LogP contribution in [0.4, 0.5) is 0 Å². The summed E-state index contributed by atoms with van der Waals surface area (Å²) in [4.78, 5) is 25.6. The van der Waals surface area contributed by atoms with Crippen LogP contribution >= 0.6 is 0 Å². The van der Waals surface area contributed by atoms with Crippen LogP contribution < -0.4 is 11.1 Å². The second kappa shape index (κ2) is 5.18. The summed E-state index contributed by atoms with van der Waals surface area (Å²) in [6.07, 6.45) is 7.50. The number of rotatable bonds is 4. The van der Waals surface area contributed by atoms with E-state index in [9.17, 15) is 14.7 Å². The third kappa shape index (κ3) is 2.66. The molecule has 6 nitrogen and oxygen atoms in total. The van der Waals surface area contributed by atoms with E-state index in [1.807, 2.05) is 0 Å². The van der Waals surface area contributed by atoms with Crippen LogP contribution in [-0.4, -0.2) is 52.1 Å². The van der Waals surface area contributed by atoms with Crippen molar-refractivity contribution in [3.8, 4) is 0 Å². The first-order valence-corrected chi connectivity index (χ1v) is 8.94. The van der Waals surface area contributed by atoms with E-state index in [1.54, 1.807) is 4.90 Å². The Kier molecular flexibility index (Phi) is 3.47. The predicted molar refractivity (Wildman–Crippen MR) is 84.3 cm³/mol. The normalized spacial score (nSPS) is 44.7. The topological polar surface area (TPSA) is 95.7 Å². The average Bonchev–Trinajstić information content (AvgIpc) is 2.91. The van der Waals surface area contributed by atoms with Gasteiger partial charge in [-0.2, -0.15) is 0 Å². The van der Waals surface area contributed by atoms with Gasteiger partial charge >= 0.3 is 0 Å². The van der Waals surface area contributed by atoms with Gasteiger partial charge in [-0.25, -0.2) is 0 Å². The largest absolute Gasteiger partial charge is 0.390 e. The van der Waals surface area contributed by atoms with Gasteiger partial charge < -0.3 is 21.1 Å². The minimum Gasteiger partial charge on any atom is -0.390 e. The fraction of sp³-hybridized carbons (Fsp3) is 0.882. The van der Waals surface area contributed by atoms with E-state index < -0.39 is 17.6 Å². The van der Waals surface area contributed by atoms with Gasteiger partial charge in [0.15, 0.2) is 0 Å². The summed E-state index contributed by atoms with van der Waals surface area (Å²) < 4.78 is 0. The lowest BCUT2D eigenvalue weighted by molar-refractivity contribution is -0.148. The molecule has 3 unspecified atom stereocenters. The molecule has 5 rings (SSSR count). The van der Waals surface area contributed by atoms with Crippen molar-refractivity contribution in [2.24, 2.45) is 17.6 Å². The number of nitrogens with zero attached hydrogens (tertiary/aromatic N) is 1. The molecule has 0 aromatic carbocycles. The van der Waals surface area contributed by atoms with Gasteiger partial charge in [-0.05, 0) is 63.2 Å². The fourth-order valence-corrected chi connectivity index (χ4v) is 6.15. The van der Waals surface area contributed by atoms with Gasteiger partial charge in [-0.3, -0.25) is 9.59 Å². The van der Waals surface area contributed by atoms with Gasteiger partial charge in [0, 0.05) is 12.1 Å². The Morgan fingerprint density at radius 1 is 1.22 bits per heavy atom. The van der Waals surface area contributed by atoms with E-state index in [0.29, 0.717) is 24.8 Å². The Labute approximate surface area is 136 Å². The van der Waals surface area contributed by atoms with Crippen molar-refractivity contribution < 1.29 is 14.7 Å². The zero-order valence-corrected chi connectivity index (χ0v) is 13.6. The molecule has 4 aliphatic carbocycles. The van der Waals surface area contributed by atoms with Crippen LogP contribution in [0.2, 0.25) is 0 Å². The highest BCUT2D eigenvalue weighted by atomic mass is 16.3. The maximum Gasteiger partial charge on any atom is 0.240 e. The number of hydrogen-bond donors (Lipinski definition) is 3. The molecule has 0 radical (unpaired) electrons. The number of nitrogens with one attached hydrogen (secondary N) is 1. The van der Waals surface area contributed by atoms with Crippen LogP contribution in [-0.2, 0) is 9.59 Å². The molecular weight excluding hydrogens is 294 g/mol. The molecule has 2 amide bonds. The molecular formula is C17H27N3O3. The maximum absolute atomic E-state index is 12.5. The third-order valence-electron chi connectivity index (χ3n) is 6.55. The van der Waals surface area contributed by atoms with Crippen molar-refractivity contribution in [1.29, 1.82) is 0 Å². The monoisotopic (exact) mass is 321 g/mol. The zero-order chi connectivity index (χ0) is 16.2. The molecule has 128 valence electrons. The SMILES string of the molecule is NC(=O)C1CCCN1C(=O)CNC12CC3CC(CC(O)(C3)C1)C2. The molecule has 3 atom stereocenters. The van der Waals surface area contributed by atoms with Crippen LogP contribution in [0.5, 0.6) is 0 Å². The van der Waals surface area contributed by atoms with Crippen LogP contribution in [0.15, 0.2) is 0 Å². The van der Waals surface area contributed by atoms with E-state index in [1.165, 1.54) is 6.42 Å². The van der Waals surface area contributed by atoms with Gasteiger partial charge in [0.2, 0.25) is 11.8 Å². The molecule has 5 fully saturated rings. The van der Waals surface area contributed by atoms with Gasteiger partial charge in [0.1, 0.15) is 6.04 Å². The van der Waals surface area contributed by atoms with Gasteiger partial charge in [-0.15, -0.1) is 0 Å². The number of amides is 2. The lowest BCUT2D eigenvalue weighted by Gasteiger charge is -2.60. The minimum absolute atomic E-state index is 0.0333. The van der Waals surface area contributed by atoms with E-state index in [2.05, 4.69) is 5.32 Å². The molecule has 4 saturated carbocycles. The smallest absolute Gasteiger partial charge is 0.240 e. The summed E-state index contributed by atoms with van der Waals surface area (Å²) in [5.41, 5.74) is 4.79. The molecule has 0 aromatic heterocycles. The number of nitrogens with two attached hydrogens (primary N) is 1. The Morgan fingerprint density at radius 3 is 2.52 bits per heavy atom. The highest BCUT2D eigenvalue weighted by Gasteiger charge is 2.57. The van der Waals surface area contributed by atoms with Gasteiger partial charge in [0.25, 0.3) is 0 Å². The van der Waals surface area contributed by atoms with Crippen molar-refractivity contribution in [2.45, 2.75) is 68.5 Å². The Bertz CT molecular complexity index is 521. The van der Waals surface area contributed by atoms with Crippen LogP contribution in [0.1, 0.15) is 51.4 Å². The standard InChI is InChI=1S/C17H27N3O3/c18-15(22)13-2-1-3-20(13)14(21)9-19-16-5-11-4-12(6-16)8-17(23,7-11)10-16/h11-13,19,23H,1-10H2,(H2,18,22). The molecule has 0 aromatic rings. The van der Waals surface area contributed by atoms with Crippen LogP contribution in [0, 0.1) is 11.8 Å². The molecule has 0 spiro atoms. The minimum atomic E-state index is -0.524. The Hall–Kier alpha value is -1.14. The predicted octanol–water partition coefficient (Wildman–Crippen LogP) is 0.136. The summed E-state index contributed by atoms with van der Waals surface area (Å²) >= 11 is 0. The van der Waals surface area contributed by atoms with E-state index in [-0.39, 0.29) is 18.0 Å². The average molecular weight is 321 g/mol. The number of likely N-dealkylation sites (tertiary alicyclic amines) is 1. The molecule has 5 aliphatic rings. The summed E-state index contributed by atoms with van der Waals surface area (Å²) in [6, 6.07) is -0.440. The third-order valence-corrected chi connectivity index (χ3v) is 6.55. The lowest BCUT2D eigenvalue weighted by atomic mass is 9.51. The molecule has 4 N–H and O–H groups in total. The van der Waals surface area contributed by atoms with E-state index in [4.69, 9.17) is 5.73 Å². The van der Waals surface area contributed by atoms with Crippen LogP contribution in [0.25, 0.3) is 0 Å². The summed E-state index contributed by atoms with van der Waals surface area (Å²) in [7, 11) is 0. The first kappa shape index (κ1) is 15.4. The van der Waals surface area contributed by atoms with Crippen molar-refractivity contribution in [3.63, 3.8) is 0 Å². The number of primary amides is 1. The Balaban J connectivity index is 1.41. The molecule has 1 saturated heterocycles. The first-order valence-electron chi connectivity index (χ1n) is 8.94. The highest BCUT2D eigenvalue weighted by molar-refractivity contribution is 5.88. The highest BCUT2D eigenvalue weighted by Crippen LogP contribution is 2.57. The second-order valence-electron chi connectivity index (χ2n) is 8.47. The second-order valence-corrected chi connectivity index (χ2v) is 8.47. The summed E-state index contributed by atoms with van der Waals surface area (Å²) in [5.74, 6) is 0.747. The van der Waals surface area contributed by atoms with E-state index in [0.717, 1.165) is 38.5 Å². The number of aliphatic hydroxyl groups is 1. The number of carbonyl (C=O) groups is 2. The number of hydrogen-bond acceptors (Lipinski definition) is 4. The Morgan fingerprint density at radius 2 is 1.91 bits per heavy atom. The van der Waals surface area contributed by atoms with Crippen molar-refractivity contribution >= 4 is 11.8 Å². The maximum atomic E-state index is 12.5. The van der Waals surface area contributed by atoms with Gasteiger partial charge in [0.05, 0.1) is 12.1 Å². The van der Waals surface area contributed by atoms with Crippen molar-refractivity contribution in [1.82, 2.24) is 10.2 Å². The molecule has 23 heavy (non-hydrogen) atoms. The molecule has 4 bridgehead atoms. The van der Waals surface area contributed by atoms with Crippen molar-refractivity contribution in [2.75, 3.05) is 13.1 Å². The van der Waals surface area contributed by atoms with Crippen LogP contribution in [0.3, 0.4) is 0 Å². The molecule has 1 heterocycles. The lowest BCUT2D eigenvalue weighted by Crippen LogP contribution is -2.65. The molecule has 6 heteroatoms.